The Balaban J connectivity index is 1.48. The van der Waals surface area contributed by atoms with Gasteiger partial charge in [-0.3, -0.25) is 4.79 Å². The van der Waals surface area contributed by atoms with E-state index in [0.717, 1.165) is 16.5 Å². The number of fused-ring (bicyclic) bond motifs is 1. The van der Waals surface area contributed by atoms with Crippen molar-refractivity contribution < 1.29 is 17.6 Å². The Labute approximate surface area is 257 Å². The van der Waals surface area contributed by atoms with E-state index in [1.54, 1.807) is 24.3 Å². The molecule has 1 heterocycles. The molecule has 1 saturated carbocycles. The molecule has 1 aromatic heterocycles. The Morgan fingerprint density at radius 3 is 2.02 bits per heavy atom. The van der Waals surface area contributed by atoms with E-state index in [9.17, 15) is 17.6 Å². The minimum Gasteiger partial charge on any atom is -0.349 e. The number of rotatable bonds is 10. The second-order valence-corrected chi connectivity index (χ2v) is 19.1. The molecule has 0 spiro atoms. The summed E-state index contributed by atoms with van der Waals surface area (Å²) in [5.41, 5.74) is 1.69. The van der Waals surface area contributed by atoms with Gasteiger partial charge >= 0.3 is 0 Å². The van der Waals surface area contributed by atoms with Crippen molar-refractivity contribution in [2.45, 2.75) is 107 Å². The SMILES string of the molecule is CC(C)S(C(C)C)(C(C)C)n1cc(Cl)c2ccc(S(=O)(=O)N[C@H]3CC[C@H](C(=O)N[C@H](C)c4ccc(F)cc4)CC3)cc21. The standard InChI is InChI=1S/C32H45ClFN3O3S2/c1-20(2)41(21(3)4,22(5)6)37-19-30(33)29-17-16-28(18-31(29)37)42(39,40)36-27-14-10-25(11-15-27)32(38)35-23(7)24-8-12-26(34)13-9-24/h8-9,12-13,16-23,25,27,36H,10-11,14-15H2,1-7H3,(H,35,38)/t23-,25-,27-/m1/s1. The predicted octanol–water partition coefficient (Wildman–Crippen LogP) is 7.94. The van der Waals surface area contributed by atoms with Crippen LogP contribution in [0.2, 0.25) is 5.02 Å². The lowest BCUT2D eigenvalue weighted by molar-refractivity contribution is -0.126. The second kappa shape index (κ2) is 12.9. The van der Waals surface area contributed by atoms with E-state index in [0.29, 0.717) is 46.5 Å². The molecule has 1 aliphatic carbocycles. The molecule has 0 bridgehead atoms. The summed E-state index contributed by atoms with van der Waals surface area (Å²) in [6, 6.07) is 10.9. The fourth-order valence-electron chi connectivity index (χ4n) is 6.81. The molecule has 2 N–H and O–H groups in total. The number of nitrogens with zero attached hydrogens (tertiary/aromatic N) is 1. The number of hydrogen-bond donors (Lipinski definition) is 2. The zero-order valence-corrected chi connectivity index (χ0v) is 28.0. The predicted molar refractivity (Wildman–Crippen MR) is 174 cm³/mol. The molecule has 1 fully saturated rings. The fourth-order valence-corrected chi connectivity index (χ4v) is 13.9. The zero-order valence-electron chi connectivity index (χ0n) is 25.7. The van der Waals surface area contributed by atoms with E-state index in [2.05, 4.69) is 55.6 Å². The molecular weight excluding hydrogens is 593 g/mol. The third-order valence-electron chi connectivity index (χ3n) is 8.76. The quantitative estimate of drug-likeness (QED) is 0.237. The number of benzene rings is 2. The molecule has 0 radical (unpaired) electrons. The first kappa shape index (κ1) is 32.8. The van der Waals surface area contributed by atoms with Crippen molar-refractivity contribution in [2.75, 3.05) is 0 Å². The molecule has 1 amide bonds. The van der Waals surface area contributed by atoms with Crippen LogP contribution in [-0.2, 0) is 14.8 Å². The molecule has 0 aliphatic heterocycles. The number of nitrogens with one attached hydrogen (secondary N) is 2. The summed E-state index contributed by atoms with van der Waals surface area (Å²) in [5.74, 6) is -0.552. The van der Waals surface area contributed by atoms with E-state index in [1.807, 2.05) is 19.2 Å². The molecule has 6 nitrogen and oxygen atoms in total. The van der Waals surface area contributed by atoms with Crippen molar-refractivity contribution in [3.05, 3.63) is 65.1 Å². The summed E-state index contributed by atoms with van der Waals surface area (Å²) in [4.78, 5) is 13.1. The van der Waals surface area contributed by atoms with E-state index in [4.69, 9.17) is 11.6 Å². The molecule has 10 heteroatoms. The highest BCUT2D eigenvalue weighted by atomic mass is 35.5. The van der Waals surface area contributed by atoms with Gasteiger partial charge in [-0.25, -0.2) is 17.5 Å². The average Bonchev–Trinajstić information content (AvgIpc) is 3.24. The van der Waals surface area contributed by atoms with Crippen molar-refractivity contribution >= 4 is 48.6 Å². The monoisotopic (exact) mass is 637 g/mol. The van der Waals surface area contributed by atoms with Gasteiger partial charge in [-0.2, -0.15) is 10.2 Å². The zero-order chi connectivity index (χ0) is 31.0. The number of aromatic nitrogens is 1. The van der Waals surface area contributed by atoms with Crippen LogP contribution in [0, 0.1) is 11.7 Å². The summed E-state index contributed by atoms with van der Waals surface area (Å²) in [6.07, 6.45) is 4.34. The van der Waals surface area contributed by atoms with Crippen LogP contribution >= 0.6 is 21.8 Å². The van der Waals surface area contributed by atoms with Crippen molar-refractivity contribution in [3.63, 3.8) is 0 Å². The molecule has 42 heavy (non-hydrogen) atoms. The minimum atomic E-state index is -3.79. The maximum absolute atomic E-state index is 13.6. The number of amides is 1. The highest BCUT2D eigenvalue weighted by Crippen LogP contribution is 2.63. The fraction of sp³-hybridized carbons (Fsp3) is 0.531. The minimum absolute atomic E-state index is 0.0531. The van der Waals surface area contributed by atoms with Crippen LogP contribution in [0.3, 0.4) is 0 Å². The molecule has 0 saturated heterocycles. The normalized spacial score (nSPS) is 19.5. The van der Waals surface area contributed by atoms with Crippen LogP contribution in [0.5, 0.6) is 0 Å². The van der Waals surface area contributed by atoms with E-state index < -0.39 is 20.2 Å². The molecular formula is C32H45ClFN3O3S2. The largest absolute Gasteiger partial charge is 0.349 e. The number of sulfonamides is 1. The first-order valence-electron chi connectivity index (χ1n) is 14.9. The van der Waals surface area contributed by atoms with Gasteiger partial charge in [0.05, 0.1) is 21.5 Å². The summed E-state index contributed by atoms with van der Waals surface area (Å²) in [7, 11) is -5.19. The summed E-state index contributed by atoms with van der Waals surface area (Å²) in [6.45, 7) is 15.4. The lowest BCUT2D eigenvalue weighted by Crippen LogP contribution is -2.41. The summed E-state index contributed by atoms with van der Waals surface area (Å²) < 4.78 is 45.7. The van der Waals surface area contributed by atoms with E-state index in [1.165, 1.54) is 12.1 Å². The van der Waals surface area contributed by atoms with Gasteiger partial charge < -0.3 is 9.29 Å². The Hall–Kier alpha value is -2.07. The van der Waals surface area contributed by atoms with Gasteiger partial charge in [0.1, 0.15) is 5.82 Å². The number of carbonyl (C=O) groups is 1. The molecule has 2 aromatic carbocycles. The average molecular weight is 638 g/mol. The van der Waals surface area contributed by atoms with Crippen LogP contribution in [-0.4, -0.2) is 40.1 Å². The maximum Gasteiger partial charge on any atom is 0.240 e. The van der Waals surface area contributed by atoms with E-state index in [-0.39, 0.29) is 34.6 Å². The van der Waals surface area contributed by atoms with Crippen LogP contribution in [0.25, 0.3) is 10.9 Å². The van der Waals surface area contributed by atoms with Crippen LogP contribution in [0.1, 0.15) is 85.8 Å². The van der Waals surface area contributed by atoms with Crippen molar-refractivity contribution in [1.29, 1.82) is 0 Å². The topological polar surface area (TPSA) is 80.2 Å². The van der Waals surface area contributed by atoms with Gasteiger partial charge in [0.2, 0.25) is 15.9 Å². The third kappa shape index (κ3) is 6.40. The molecule has 3 aromatic rings. The highest BCUT2D eigenvalue weighted by Gasteiger charge is 2.38. The Morgan fingerprint density at radius 1 is 0.905 bits per heavy atom. The van der Waals surface area contributed by atoms with Gasteiger partial charge in [0, 0.05) is 39.3 Å². The Morgan fingerprint density at radius 2 is 1.48 bits per heavy atom. The van der Waals surface area contributed by atoms with Gasteiger partial charge in [-0.1, -0.05) is 65.3 Å². The van der Waals surface area contributed by atoms with E-state index >= 15 is 0 Å². The molecule has 1 aliphatic rings. The molecule has 0 unspecified atom stereocenters. The number of carbonyl (C=O) groups excluding carboxylic acids is 1. The lowest BCUT2D eigenvalue weighted by atomic mass is 9.85. The van der Waals surface area contributed by atoms with Crippen molar-refractivity contribution in [3.8, 4) is 0 Å². The highest BCUT2D eigenvalue weighted by molar-refractivity contribution is 8.33. The van der Waals surface area contributed by atoms with Crippen molar-refractivity contribution in [1.82, 2.24) is 14.0 Å². The van der Waals surface area contributed by atoms with Crippen LogP contribution in [0.15, 0.2) is 53.6 Å². The van der Waals surface area contributed by atoms with Crippen LogP contribution in [0.4, 0.5) is 4.39 Å². The Bertz CT molecular complexity index is 1490. The molecule has 1 atom stereocenters. The first-order valence-corrected chi connectivity index (χ1v) is 18.5. The van der Waals surface area contributed by atoms with Crippen molar-refractivity contribution in [2.24, 2.45) is 5.92 Å². The summed E-state index contributed by atoms with van der Waals surface area (Å²) in [5, 5.41) is 5.62. The maximum atomic E-state index is 13.6. The number of hydrogen-bond acceptors (Lipinski definition) is 3. The first-order chi connectivity index (χ1) is 19.7. The van der Waals surface area contributed by atoms with Gasteiger partial charge in [0.15, 0.2) is 0 Å². The smallest absolute Gasteiger partial charge is 0.240 e. The number of halogens is 2. The van der Waals surface area contributed by atoms with Gasteiger partial charge in [-0.05, 0) is 68.5 Å². The van der Waals surface area contributed by atoms with Gasteiger partial charge in [-0.15, -0.1) is 0 Å². The lowest BCUT2D eigenvalue weighted by Gasteiger charge is -2.52. The van der Waals surface area contributed by atoms with Crippen LogP contribution < -0.4 is 10.0 Å². The van der Waals surface area contributed by atoms with Gasteiger partial charge in [0.25, 0.3) is 0 Å². The molecule has 232 valence electrons. The summed E-state index contributed by atoms with van der Waals surface area (Å²) >= 11 is 6.71. The second-order valence-electron chi connectivity index (χ2n) is 12.3. The molecule has 4 rings (SSSR count). The third-order valence-corrected chi connectivity index (χ3v) is 16.1. The Kier molecular flexibility index (Phi) is 10.1.